The highest BCUT2D eigenvalue weighted by atomic mass is 32.2. The molecule has 30 heteroatoms. The topological polar surface area (TPSA) is 451 Å². The first-order valence-electron chi connectivity index (χ1n) is 21.5. The molecule has 1 rings (SSSR count). The van der Waals surface area contributed by atoms with Crippen molar-refractivity contribution in [3.05, 3.63) is 24.3 Å². The number of thiol groups is 1. The average Bonchev–Trinajstić information content (AvgIpc) is 3.60. The molecule has 0 spiro atoms. The van der Waals surface area contributed by atoms with Gasteiger partial charge in [-0.3, -0.25) is 57.6 Å². The Balaban J connectivity index is -0.000000111. The third-order valence-corrected chi connectivity index (χ3v) is 9.24. The number of hydrogen-bond acceptors (Lipinski definition) is 18. The number of imide groups is 1. The number of nitrogens with two attached hydrogens (primary N) is 1. The molecule has 0 aromatic carbocycles. The van der Waals surface area contributed by atoms with Crippen LogP contribution < -0.4 is 43.0 Å². The summed E-state index contributed by atoms with van der Waals surface area (Å²) >= 11 is 6.40. The van der Waals surface area contributed by atoms with Gasteiger partial charge < -0.3 is 74.0 Å². The molecule has 1 aliphatic rings. The molecular formula is C42H81N9O18S3. The lowest BCUT2D eigenvalue weighted by Crippen LogP contribution is -2.44. The number of thioether (sulfide) groups is 2. The number of nitrogens with one attached hydrogen (secondary N) is 7. The van der Waals surface area contributed by atoms with Crippen LogP contribution in [-0.4, -0.2) is 209 Å². The van der Waals surface area contributed by atoms with E-state index in [9.17, 15) is 57.5 Å². The first kappa shape index (κ1) is 83.1. The van der Waals surface area contributed by atoms with Gasteiger partial charge >= 0.3 is 29.8 Å². The molecule has 0 saturated heterocycles. The maximum atomic E-state index is 11.0. The van der Waals surface area contributed by atoms with Crippen LogP contribution in [0.4, 0.5) is 0 Å². The number of nitrogens with zero attached hydrogens (tertiary/aromatic N) is 1. The monoisotopic (exact) mass is 1100 g/mol. The van der Waals surface area contributed by atoms with Gasteiger partial charge in [0.1, 0.15) is 11.3 Å². The number of rotatable bonds is 22. The van der Waals surface area contributed by atoms with Crippen molar-refractivity contribution in [2.24, 2.45) is 5.73 Å². The molecule has 0 aromatic rings. The zero-order valence-corrected chi connectivity index (χ0v) is 45.6. The summed E-state index contributed by atoms with van der Waals surface area (Å²) in [4.78, 5) is 127. The first-order chi connectivity index (χ1) is 33.2. The van der Waals surface area contributed by atoms with E-state index in [-0.39, 0.29) is 66.6 Å². The highest BCUT2D eigenvalue weighted by Crippen LogP contribution is 2.15. The predicted molar refractivity (Wildman–Crippen MR) is 280 cm³/mol. The Morgan fingerprint density at radius 3 is 1.26 bits per heavy atom. The van der Waals surface area contributed by atoms with Crippen molar-refractivity contribution < 1.29 is 88.5 Å². The Morgan fingerprint density at radius 2 is 0.986 bits per heavy atom. The van der Waals surface area contributed by atoms with Crippen LogP contribution in [0.3, 0.4) is 0 Å². The first-order valence-corrected chi connectivity index (χ1v) is 24.3. The normalized spacial score (nSPS) is 11.8. The van der Waals surface area contributed by atoms with Crippen molar-refractivity contribution in [1.29, 1.82) is 0 Å². The van der Waals surface area contributed by atoms with Gasteiger partial charge in [0.15, 0.2) is 0 Å². The molecule has 0 aromatic heterocycles. The van der Waals surface area contributed by atoms with E-state index in [0.717, 1.165) is 35.1 Å². The molecular weight excluding hydrogens is 1010 g/mol. The van der Waals surface area contributed by atoms with E-state index in [1.54, 1.807) is 6.92 Å². The molecule has 0 radical (unpaired) electrons. The standard InChI is InChI=1S/2C7H14N2O3.2C7H13NO3S.C5H7NO3.C5H5NO2.C2H7N.C2H6S.H2O/c1-3-9-5(4-6(10)11)7(12)8-2;1-3-9-5(7(11)12)4-6(10)8-2;1-3-12-5(4-6(9)10)7(11)8-2;1-3-12-5(7(10)11)4-6(9)8-2;1-6-4(7)2-3-5(8)9;1-6-4(7)2-3-5(6)8;2*1-2-3;/h5,9H,3-4H2,1-2H3,(H,8,12)(H,10,11);5,9H,3-4H2,1-2H3,(H,8,10)(H,11,12);5H,3-4H2,1-2H3,(H,8,11)(H,9,10);5H,3-4H2,1-2H3,(H,8,9)(H,10,11);2-3H,1H3,(H,6,7)(H,8,9);2-3H,1H3;2-3H2,1H3;3H,2H2,1H3;1H2/b;;;;3-2-;;;;. The maximum Gasteiger partial charge on any atom is 0.328 e. The molecule has 4 unspecified atom stereocenters. The molecule has 16 N–H and O–H groups in total. The number of aliphatic carboxylic acids is 5. The van der Waals surface area contributed by atoms with Crippen LogP contribution in [0.15, 0.2) is 24.3 Å². The lowest BCUT2D eigenvalue weighted by atomic mass is 10.2. The number of likely N-dealkylation sites (N-methyl/N-ethyl adjacent to an activating group) is 5. The minimum absolute atomic E-state index is 0. The Labute approximate surface area is 435 Å². The van der Waals surface area contributed by atoms with Gasteiger partial charge in [-0.2, -0.15) is 12.6 Å². The Hall–Kier alpha value is -5.79. The summed E-state index contributed by atoms with van der Waals surface area (Å²) in [5, 5.41) is 58.3. The second-order valence-electron chi connectivity index (χ2n) is 12.5. The molecule has 0 bridgehead atoms. The minimum Gasteiger partial charge on any atom is -0.481 e. The van der Waals surface area contributed by atoms with Gasteiger partial charge in [-0.05, 0) is 36.9 Å². The van der Waals surface area contributed by atoms with Crippen LogP contribution in [0.1, 0.15) is 67.2 Å². The van der Waals surface area contributed by atoms with Gasteiger partial charge in [-0.25, -0.2) is 4.79 Å². The number of carbonyl (C=O) groups excluding carboxylic acids is 7. The predicted octanol–water partition coefficient (Wildman–Crippen LogP) is -1.98. The molecule has 27 nitrogen and oxygen atoms in total. The van der Waals surface area contributed by atoms with Crippen molar-refractivity contribution in [2.75, 3.05) is 79.2 Å². The van der Waals surface area contributed by atoms with Crippen LogP contribution >= 0.6 is 36.2 Å². The lowest BCUT2D eigenvalue weighted by molar-refractivity contribution is -0.141. The van der Waals surface area contributed by atoms with Gasteiger partial charge in [-0.15, -0.1) is 23.5 Å². The molecule has 0 saturated carbocycles. The average molecular weight is 1100 g/mol. The van der Waals surface area contributed by atoms with Gasteiger partial charge in [0, 0.05) is 73.0 Å². The highest BCUT2D eigenvalue weighted by Gasteiger charge is 2.22. The summed E-state index contributed by atoms with van der Waals surface area (Å²) in [6.45, 7) is 13.1. The smallest absolute Gasteiger partial charge is 0.328 e. The molecule has 0 aliphatic carbocycles. The second kappa shape index (κ2) is 57.8. The van der Waals surface area contributed by atoms with Crippen molar-refractivity contribution >= 4 is 107 Å². The van der Waals surface area contributed by atoms with Crippen LogP contribution in [0.2, 0.25) is 0 Å². The highest BCUT2D eigenvalue weighted by molar-refractivity contribution is 8.00. The molecule has 420 valence electrons. The largest absolute Gasteiger partial charge is 0.481 e. The Morgan fingerprint density at radius 1 is 0.597 bits per heavy atom. The Kier molecular flexibility index (Phi) is 66.7. The van der Waals surface area contributed by atoms with Crippen LogP contribution in [-0.2, 0) is 57.5 Å². The van der Waals surface area contributed by atoms with Crippen LogP contribution in [0.5, 0.6) is 0 Å². The molecule has 1 heterocycles. The zero-order valence-electron chi connectivity index (χ0n) is 43.1. The SMILES string of the molecule is CCN.CCNC(CC(=O)NC)C(=O)O.CCNC(CC(=O)O)C(=O)NC.CCS.CCSC(CC(=O)NC)C(=O)O.CCSC(CC(=O)O)C(=O)NC.CN1C(=O)C=CC1=O.CNC(=O)/C=C\C(=O)O.O. The zero-order chi connectivity index (χ0) is 57.1. The van der Waals surface area contributed by atoms with Crippen molar-refractivity contribution in [2.45, 2.75) is 89.8 Å². The fourth-order valence-corrected chi connectivity index (χ4v) is 5.52. The summed E-state index contributed by atoms with van der Waals surface area (Å²) in [6.07, 6.45) is 3.95. The molecule has 1 aliphatic heterocycles. The minimum atomic E-state index is -1.13. The van der Waals surface area contributed by atoms with E-state index < -0.39 is 58.3 Å². The second-order valence-corrected chi connectivity index (χ2v) is 16.1. The van der Waals surface area contributed by atoms with Crippen molar-refractivity contribution in [3.8, 4) is 0 Å². The fraction of sp³-hybridized carbons (Fsp3) is 0.619. The summed E-state index contributed by atoms with van der Waals surface area (Å²) in [5.74, 6) is -4.50. The summed E-state index contributed by atoms with van der Waals surface area (Å²) in [6, 6.07) is -1.41. The lowest BCUT2D eigenvalue weighted by Gasteiger charge is -2.13. The molecule has 4 atom stereocenters. The quantitative estimate of drug-likeness (QED) is 0.0317. The summed E-state index contributed by atoms with van der Waals surface area (Å²) < 4.78 is 0. The molecule has 7 amide bonds. The van der Waals surface area contributed by atoms with E-state index in [0.29, 0.717) is 18.8 Å². The van der Waals surface area contributed by atoms with Gasteiger partial charge in [0.25, 0.3) is 11.8 Å². The number of amides is 7. The summed E-state index contributed by atoms with van der Waals surface area (Å²) in [5.41, 5.74) is 4.85. The maximum absolute atomic E-state index is 11.0. The van der Waals surface area contributed by atoms with Crippen LogP contribution in [0.25, 0.3) is 0 Å². The van der Waals surface area contributed by atoms with E-state index in [1.165, 1.54) is 78.0 Å². The number of carbonyl (C=O) groups is 12. The van der Waals surface area contributed by atoms with E-state index in [4.69, 9.17) is 31.3 Å². The number of hydrogen-bond donors (Lipinski definition) is 14. The Bertz CT molecular complexity index is 1540. The fourth-order valence-electron chi connectivity index (χ4n) is 3.78. The molecule has 72 heavy (non-hydrogen) atoms. The van der Waals surface area contributed by atoms with Crippen molar-refractivity contribution in [3.63, 3.8) is 0 Å². The van der Waals surface area contributed by atoms with E-state index >= 15 is 0 Å². The van der Waals surface area contributed by atoms with Gasteiger partial charge in [0.05, 0.1) is 30.6 Å². The van der Waals surface area contributed by atoms with Gasteiger partial charge in [-0.1, -0.05) is 41.5 Å². The molecule has 0 fully saturated rings. The third kappa shape index (κ3) is 58.5. The van der Waals surface area contributed by atoms with E-state index in [1.807, 2.05) is 34.6 Å². The van der Waals surface area contributed by atoms with E-state index in [2.05, 4.69) is 49.8 Å². The summed E-state index contributed by atoms with van der Waals surface area (Å²) in [7, 11) is 8.84. The van der Waals surface area contributed by atoms with Crippen LogP contribution in [0, 0.1) is 0 Å². The van der Waals surface area contributed by atoms with Gasteiger partial charge in [0.2, 0.25) is 29.5 Å². The third-order valence-electron chi connectivity index (χ3n) is 7.02. The van der Waals surface area contributed by atoms with Crippen molar-refractivity contribution in [1.82, 2.24) is 42.1 Å². The number of carboxylic acids is 5. The number of carboxylic acid groups (broad SMARTS) is 5.